The van der Waals surface area contributed by atoms with Crippen LogP contribution < -0.4 is 4.90 Å². The van der Waals surface area contributed by atoms with Gasteiger partial charge in [-0.2, -0.15) is 4.31 Å². The van der Waals surface area contributed by atoms with Crippen molar-refractivity contribution in [1.29, 1.82) is 0 Å². The van der Waals surface area contributed by atoms with Crippen molar-refractivity contribution in [2.24, 2.45) is 0 Å². The molecule has 0 amide bonds. The Labute approximate surface area is 190 Å². The zero-order valence-corrected chi connectivity index (χ0v) is 19.7. The summed E-state index contributed by atoms with van der Waals surface area (Å²) in [5.41, 5.74) is 4.07. The smallest absolute Gasteiger partial charge is 0.243 e. The molecule has 0 unspecified atom stereocenters. The summed E-state index contributed by atoms with van der Waals surface area (Å²) in [4.78, 5) is 15.1. The van der Waals surface area contributed by atoms with Crippen LogP contribution in [0.5, 0.6) is 0 Å². The third-order valence-electron chi connectivity index (χ3n) is 6.43. The van der Waals surface area contributed by atoms with Gasteiger partial charge >= 0.3 is 0 Å². The van der Waals surface area contributed by atoms with Crippen LogP contribution in [0.3, 0.4) is 0 Å². The summed E-state index contributed by atoms with van der Waals surface area (Å²) in [6.45, 7) is 5.88. The van der Waals surface area contributed by atoms with Crippen molar-refractivity contribution < 1.29 is 17.9 Å². The number of benzene rings is 2. The molecule has 4 rings (SSSR count). The van der Waals surface area contributed by atoms with Crippen molar-refractivity contribution in [2.45, 2.75) is 37.0 Å². The van der Waals surface area contributed by atoms with Gasteiger partial charge in [0.2, 0.25) is 10.0 Å². The Bertz CT molecular complexity index is 1130. The lowest BCUT2D eigenvalue weighted by atomic mass is 9.83. The van der Waals surface area contributed by atoms with Crippen molar-refractivity contribution >= 4 is 21.5 Å². The Kier molecular flexibility index (Phi) is 6.25. The van der Waals surface area contributed by atoms with Crippen LogP contribution in [0.1, 0.15) is 31.4 Å². The molecule has 1 fully saturated rings. The second-order valence-corrected chi connectivity index (χ2v) is 10.8. The van der Waals surface area contributed by atoms with Gasteiger partial charge in [0.05, 0.1) is 18.1 Å². The second-order valence-electron chi connectivity index (χ2n) is 8.86. The molecule has 2 aromatic rings. The number of para-hydroxylation sites is 1. The van der Waals surface area contributed by atoms with Crippen molar-refractivity contribution in [3.8, 4) is 0 Å². The average molecular weight is 455 g/mol. The molecule has 0 radical (unpaired) electrons. The van der Waals surface area contributed by atoms with Gasteiger partial charge in [0, 0.05) is 49.4 Å². The molecule has 2 aliphatic rings. The maximum Gasteiger partial charge on any atom is 0.243 e. The molecule has 2 aliphatic heterocycles. The summed E-state index contributed by atoms with van der Waals surface area (Å²) in [6, 6.07) is 15.1. The standard InChI is InChI=1S/C25H30N2O4S/c1-25(2)22-6-4-5-7-23(22)26(3)24(25)18-20(28)11-8-19-9-12-21(13-10-19)32(29,30)27-14-16-31-17-15-27/h4-7,9-10,12-13,18H,8,11,14-17H2,1-3H3. The van der Waals surface area contributed by atoms with Crippen molar-refractivity contribution in [3.05, 3.63) is 71.4 Å². The fraction of sp³-hybridized carbons (Fsp3) is 0.400. The molecule has 0 atom stereocenters. The number of likely N-dealkylation sites (N-methyl/N-ethyl adjacent to an activating group) is 1. The number of aryl methyl sites for hydroxylation is 1. The van der Waals surface area contributed by atoms with Crippen LogP contribution >= 0.6 is 0 Å². The van der Waals surface area contributed by atoms with E-state index in [4.69, 9.17) is 4.74 Å². The first-order chi connectivity index (χ1) is 15.2. The fourth-order valence-electron chi connectivity index (χ4n) is 4.52. The third kappa shape index (κ3) is 4.25. The third-order valence-corrected chi connectivity index (χ3v) is 8.34. The van der Waals surface area contributed by atoms with E-state index in [1.54, 1.807) is 30.3 Å². The van der Waals surface area contributed by atoms with Gasteiger partial charge in [-0.1, -0.05) is 44.2 Å². The van der Waals surface area contributed by atoms with Gasteiger partial charge in [0.25, 0.3) is 0 Å². The molecule has 0 saturated carbocycles. The molecule has 0 aromatic heterocycles. The molecule has 7 heteroatoms. The van der Waals surface area contributed by atoms with E-state index in [-0.39, 0.29) is 16.1 Å². The van der Waals surface area contributed by atoms with Crippen LogP contribution in [-0.4, -0.2) is 51.9 Å². The van der Waals surface area contributed by atoms with Crippen LogP contribution in [0.4, 0.5) is 5.69 Å². The monoisotopic (exact) mass is 454 g/mol. The number of carbonyl (C=O) groups is 1. The number of hydrogen-bond donors (Lipinski definition) is 0. The number of sulfonamides is 1. The van der Waals surface area contributed by atoms with E-state index in [0.29, 0.717) is 39.1 Å². The van der Waals surface area contributed by atoms with E-state index in [1.807, 2.05) is 19.2 Å². The number of nitrogens with zero attached hydrogens (tertiary/aromatic N) is 2. The van der Waals surface area contributed by atoms with Gasteiger partial charge in [-0.05, 0) is 35.7 Å². The normalized spacial score (nSPS) is 19.8. The molecule has 32 heavy (non-hydrogen) atoms. The van der Waals surface area contributed by atoms with Gasteiger partial charge in [-0.3, -0.25) is 4.79 Å². The van der Waals surface area contributed by atoms with E-state index in [2.05, 4.69) is 30.9 Å². The summed E-state index contributed by atoms with van der Waals surface area (Å²) < 4.78 is 32.2. The topological polar surface area (TPSA) is 66.9 Å². The minimum atomic E-state index is -3.50. The minimum Gasteiger partial charge on any atom is -0.379 e. The zero-order valence-electron chi connectivity index (χ0n) is 18.9. The SMILES string of the molecule is CN1C(=CC(=O)CCc2ccc(S(=O)(=O)N3CCOCC3)cc2)C(C)(C)c2ccccc21. The quantitative estimate of drug-likeness (QED) is 0.625. The number of rotatable bonds is 6. The number of ether oxygens (including phenoxy) is 1. The molecule has 0 N–H and O–H groups in total. The highest BCUT2D eigenvalue weighted by atomic mass is 32.2. The molecule has 0 spiro atoms. The van der Waals surface area contributed by atoms with Gasteiger partial charge in [0.1, 0.15) is 0 Å². The van der Waals surface area contributed by atoms with Crippen LogP contribution in [-0.2, 0) is 31.4 Å². The van der Waals surface area contributed by atoms with Gasteiger partial charge in [-0.15, -0.1) is 0 Å². The van der Waals surface area contributed by atoms with E-state index >= 15 is 0 Å². The van der Waals surface area contributed by atoms with Crippen LogP contribution in [0.15, 0.2) is 65.2 Å². The minimum absolute atomic E-state index is 0.0674. The van der Waals surface area contributed by atoms with E-state index < -0.39 is 10.0 Å². The van der Waals surface area contributed by atoms with Crippen LogP contribution in [0.2, 0.25) is 0 Å². The second kappa shape index (κ2) is 8.81. The highest BCUT2D eigenvalue weighted by Gasteiger charge is 2.38. The highest BCUT2D eigenvalue weighted by Crippen LogP contribution is 2.46. The van der Waals surface area contributed by atoms with Crippen LogP contribution in [0.25, 0.3) is 0 Å². The lowest BCUT2D eigenvalue weighted by Gasteiger charge is -2.26. The molecular formula is C25H30N2O4S. The molecule has 0 aliphatic carbocycles. The van der Waals surface area contributed by atoms with Crippen molar-refractivity contribution in [1.82, 2.24) is 4.31 Å². The fourth-order valence-corrected chi connectivity index (χ4v) is 5.92. The number of anilines is 1. The Balaban J connectivity index is 1.42. The Morgan fingerprint density at radius 3 is 2.38 bits per heavy atom. The maximum absolute atomic E-state index is 12.8. The predicted octanol–water partition coefficient (Wildman–Crippen LogP) is 3.52. The lowest BCUT2D eigenvalue weighted by Crippen LogP contribution is -2.40. The Hall–Kier alpha value is -2.48. The first kappa shape index (κ1) is 22.7. The number of ketones is 1. The first-order valence-electron chi connectivity index (χ1n) is 11.0. The van der Waals surface area contributed by atoms with E-state index in [0.717, 1.165) is 16.9 Å². The summed E-state index contributed by atoms with van der Waals surface area (Å²) in [5.74, 6) is 0.0674. The molecule has 170 valence electrons. The lowest BCUT2D eigenvalue weighted by molar-refractivity contribution is -0.114. The van der Waals surface area contributed by atoms with Gasteiger partial charge in [0.15, 0.2) is 5.78 Å². The number of carbonyl (C=O) groups excluding carboxylic acids is 1. The number of morpholine rings is 1. The van der Waals surface area contributed by atoms with Gasteiger partial charge < -0.3 is 9.64 Å². The zero-order chi connectivity index (χ0) is 22.9. The number of hydrogen-bond acceptors (Lipinski definition) is 5. The summed E-state index contributed by atoms with van der Waals surface area (Å²) in [7, 11) is -1.50. The van der Waals surface area contributed by atoms with Crippen molar-refractivity contribution in [3.63, 3.8) is 0 Å². The maximum atomic E-state index is 12.8. The Morgan fingerprint density at radius 1 is 1.06 bits per heavy atom. The molecule has 2 heterocycles. The van der Waals surface area contributed by atoms with Gasteiger partial charge in [-0.25, -0.2) is 8.42 Å². The molecule has 2 aromatic carbocycles. The summed E-state index contributed by atoms with van der Waals surface area (Å²) in [5, 5.41) is 0. The predicted molar refractivity (Wildman–Crippen MR) is 125 cm³/mol. The number of fused-ring (bicyclic) bond motifs is 1. The largest absolute Gasteiger partial charge is 0.379 e. The molecule has 1 saturated heterocycles. The Morgan fingerprint density at radius 2 is 1.72 bits per heavy atom. The highest BCUT2D eigenvalue weighted by molar-refractivity contribution is 7.89. The average Bonchev–Trinajstić information content (AvgIpc) is 2.99. The van der Waals surface area contributed by atoms with Crippen LogP contribution in [0, 0.1) is 0 Å². The molecular weight excluding hydrogens is 424 g/mol. The molecule has 0 bridgehead atoms. The number of allylic oxidation sites excluding steroid dienone is 2. The van der Waals surface area contributed by atoms with Crippen molar-refractivity contribution in [2.75, 3.05) is 38.3 Å². The first-order valence-corrected chi connectivity index (χ1v) is 12.4. The summed E-state index contributed by atoms with van der Waals surface area (Å²) >= 11 is 0. The van der Waals surface area contributed by atoms with E-state index in [1.165, 1.54) is 9.87 Å². The van der Waals surface area contributed by atoms with E-state index in [9.17, 15) is 13.2 Å². The molecule has 6 nitrogen and oxygen atoms in total. The summed E-state index contributed by atoms with van der Waals surface area (Å²) in [6.07, 6.45) is 2.70.